The van der Waals surface area contributed by atoms with E-state index in [4.69, 9.17) is 0 Å². The second-order valence-electron chi connectivity index (χ2n) is 5.26. The molecule has 1 aliphatic heterocycles. The number of hydrogen-bond acceptors (Lipinski definition) is 1. The van der Waals surface area contributed by atoms with E-state index in [1.807, 2.05) is 12.3 Å². The van der Waals surface area contributed by atoms with Gasteiger partial charge in [-0.1, -0.05) is 18.2 Å². The molecule has 1 saturated heterocycles. The van der Waals surface area contributed by atoms with Crippen molar-refractivity contribution < 1.29 is 4.39 Å². The maximum absolute atomic E-state index is 13.4. The first-order chi connectivity index (χ1) is 9.31. The summed E-state index contributed by atoms with van der Waals surface area (Å²) in [5, 5.41) is 0. The van der Waals surface area contributed by atoms with Crippen LogP contribution in [0.4, 0.5) is 4.39 Å². The summed E-state index contributed by atoms with van der Waals surface area (Å²) in [6.07, 6.45) is 2.97. The Balaban J connectivity index is 1.73. The third-order valence-electron chi connectivity index (χ3n) is 3.69. The van der Waals surface area contributed by atoms with Gasteiger partial charge in [-0.3, -0.25) is 4.90 Å². The summed E-state index contributed by atoms with van der Waals surface area (Å²) >= 11 is 0. The molecule has 2 nitrogen and oxygen atoms in total. The first-order valence-electron chi connectivity index (χ1n) is 6.90. The molecule has 1 aromatic heterocycles. The third kappa shape index (κ3) is 3.04. The number of halogens is 1. The van der Waals surface area contributed by atoms with Gasteiger partial charge >= 0.3 is 0 Å². The van der Waals surface area contributed by atoms with Gasteiger partial charge in [-0.25, -0.2) is 4.39 Å². The Kier molecular flexibility index (Phi) is 3.65. The number of benzene rings is 1. The monoisotopic (exact) mass is 258 g/mol. The zero-order chi connectivity index (χ0) is 13.1. The topological polar surface area (TPSA) is 19.0 Å². The van der Waals surface area contributed by atoms with Gasteiger partial charge in [0, 0.05) is 25.0 Å². The number of piperidine rings is 1. The van der Waals surface area contributed by atoms with Crippen LogP contribution in [0.2, 0.25) is 0 Å². The number of nitrogens with one attached hydrogen (secondary N) is 1. The van der Waals surface area contributed by atoms with E-state index in [1.165, 1.54) is 11.1 Å². The highest BCUT2D eigenvalue weighted by molar-refractivity contribution is 5.60. The standard InChI is InChI=1S/C16H19FN2/c17-15-6-3-9-19(12-15)11-13-4-1-5-14(10-13)16-7-2-8-18-16/h1-2,4-5,7-8,10,15,18H,3,6,9,11-12H2. The fourth-order valence-corrected chi connectivity index (χ4v) is 2.75. The molecule has 1 N–H and O–H groups in total. The highest BCUT2D eigenvalue weighted by Gasteiger charge is 2.18. The number of likely N-dealkylation sites (tertiary alicyclic amines) is 1. The Morgan fingerprint density at radius 2 is 2.21 bits per heavy atom. The van der Waals surface area contributed by atoms with E-state index in [0.29, 0.717) is 6.54 Å². The second-order valence-corrected chi connectivity index (χ2v) is 5.26. The van der Waals surface area contributed by atoms with Crippen molar-refractivity contribution in [3.05, 3.63) is 48.2 Å². The minimum Gasteiger partial charge on any atom is -0.361 e. The molecule has 100 valence electrons. The molecule has 2 heterocycles. The molecule has 1 atom stereocenters. The minimum atomic E-state index is -0.652. The molecule has 1 unspecified atom stereocenters. The van der Waals surface area contributed by atoms with Gasteiger partial charge in [-0.15, -0.1) is 0 Å². The Hall–Kier alpha value is -1.61. The van der Waals surface area contributed by atoms with E-state index >= 15 is 0 Å². The number of rotatable bonds is 3. The van der Waals surface area contributed by atoms with E-state index in [0.717, 1.165) is 31.6 Å². The number of hydrogen-bond donors (Lipinski definition) is 1. The van der Waals surface area contributed by atoms with Crippen molar-refractivity contribution in [1.29, 1.82) is 0 Å². The number of H-pyrrole nitrogens is 1. The molecule has 0 radical (unpaired) electrons. The predicted octanol–water partition coefficient (Wildman–Crippen LogP) is 3.62. The van der Waals surface area contributed by atoms with Crippen molar-refractivity contribution in [3.8, 4) is 11.3 Å². The van der Waals surface area contributed by atoms with Gasteiger partial charge in [0.2, 0.25) is 0 Å². The van der Waals surface area contributed by atoms with Crippen LogP contribution in [0.25, 0.3) is 11.3 Å². The summed E-state index contributed by atoms with van der Waals surface area (Å²) in [6, 6.07) is 12.5. The first-order valence-corrected chi connectivity index (χ1v) is 6.90. The third-order valence-corrected chi connectivity index (χ3v) is 3.69. The van der Waals surface area contributed by atoms with Gasteiger partial charge < -0.3 is 4.98 Å². The summed E-state index contributed by atoms with van der Waals surface area (Å²) in [6.45, 7) is 2.43. The van der Waals surface area contributed by atoms with Crippen LogP contribution in [-0.4, -0.2) is 29.1 Å². The van der Waals surface area contributed by atoms with Crippen molar-refractivity contribution in [2.45, 2.75) is 25.6 Å². The van der Waals surface area contributed by atoms with Crippen molar-refractivity contribution in [2.75, 3.05) is 13.1 Å². The molecule has 0 bridgehead atoms. The zero-order valence-electron chi connectivity index (χ0n) is 11.0. The summed E-state index contributed by atoms with van der Waals surface area (Å²) in [5.74, 6) is 0. The van der Waals surface area contributed by atoms with Gasteiger partial charge in [0.05, 0.1) is 0 Å². The quantitative estimate of drug-likeness (QED) is 0.891. The lowest BCUT2D eigenvalue weighted by Crippen LogP contribution is -2.35. The number of aromatic nitrogens is 1. The molecule has 0 aliphatic carbocycles. The fraction of sp³-hybridized carbons (Fsp3) is 0.375. The molecular formula is C16H19FN2. The molecule has 0 amide bonds. The lowest BCUT2D eigenvalue weighted by Gasteiger charge is -2.28. The normalized spacial score (nSPS) is 20.6. The Morgan fingerprint density at radius 3 is 3.00 bits per heavy atom. The Labute approximate surface area is 113 Å². The lowest BCUT2D eigenvalue weighted by molar-refractivity contribution is 0.133. The Morgan fingerprint density at radius 1 is 1.26 bits per heavy atom. The predicted molar refractivity (Wildman–Crippen MR) is 75.6 cm³/mol. The smallest absolute Gasteiger partial charge is 0.113 e. The molecule has 2 aromatic rings. The van der Waals surface area contributed by atoms with Crippen LogP contribution in [0.5, 0.6) is 0 Å². The summed E-state index contributed by atoms with van der Waals surface area (Å²) in [5.41, 5.74) is 3.57. The maximum atomic E-state index is 13.4. The van der Waals surface area contributed by atoms with Crippen LogP contribution >= 0.6 is 0 Å². The van der Waals surface area contributed by atoms with Crippen LogP contribution in [0, 0.1) is 0 Å². The summed E-state index contributed by atoms with van der Waals surface area (Å²) in [7, 11) is 0. The molecule has 1 aliphatic rings. The molecule has 19 heavy (non-hydrogen) atoms. The second kappa shape index (κ2) is 5.57. The van der Waals surface area contributed by atoms with Crippen LogP contribution in [0.3, 0.4) is 0 Å². The van der Waals surface area contributed by atoms with Crippen molar-refractivity contribution in [2.24, 2.45) is 0 Å². The van der Waals surface area contributed by atoms with Crippen LogP contribution in [0.15, 0.2) is 42.6 Å². The molecule has 3 rings (SSSR count). The number of nitrogens with zero attached hydrogens (tertiary/aromatic N) is 1. The average molecular weight is 258 g/mol. The lowest BCUT2D eigenvalue weighted by atomic mass is 10.1. The number of aromatic amines is 1. The summed E-state index contributed by atoms with van der Waals surface area (Å²) < 4.78 is 13.4. The van der Waals surface area contributed by atoms with Gasteiger partial charge in [0.25, 0.3) is 0 Å². The van der Waals surface area contributed by atoms with E-state index in [-0.39, 0.29) is 0 Å². The van der Waals surface area contributed by atoms with Crippen molar-refractivity contribution >= 4 is 0 Å². The molecule has 1 fully saturated rings. The first kappa shape index (κ1) is 12.4. The van der Waals surface area contributed by atoms with Gasteiger partial charge in [-0.05, 0) is 48.7 Å². The van der Waals surface area contributed by atoms with Crippen molar-refractivity contribution in [3.63, 3.8) is 0 Å². The molecule has 1 aromatic carbocycles. The Bertz CT molecular complexity index is 521. The molecule has 0 spiro atoms. The summed E-state index contributed by atoms with van der Waals surface area (Å²) in [4.78, 5) is 5.43. The van der Waals surface area contributed by atoms with E-state index in [1.54, 1.807) is 0 Å². The fourth-order valence-electron chi connectivity index (χ4n) is 2.75. The van der Waals surface area contributed by atoms with Crippen LogP contribution in [-0.2, 0) is 6.54 Å². The molecular weight excluding hydrogens is 239 g/mol. The van der Waals surface area contributed by atoms with Crippen molar-refractivity contribution in [1.82, 2.24) is 9.88 Å². The number of alkyl halides is 1. The largest absolute Gasteiger partial charge is 0.361 e. The molecule has 3 heteroatoms. The average Bonchev–Trinajstić information content (AvgIpc) is 2.93. The zero-order valence-corrected chi connectivity index (χ0v) is 11.0. The van der Waals surface area contributed by atoms with Gasteiger partial charge in [-0.2, -0.15) is 0 Å². The maximum Gasteiger partial charge on any atom is 0.113 e. The van der Waals surface area contributed by atoms with Crippen LogP contribution < -0.4 is 0 Å². The highest BCUT2D eigenvalue weighted by atomic mass is 19.1. The minimum absolute atomic E-state index is 0.576. The van der Waals surface area contributed by atoms with E-state index < -0.39 is 6.17 Å². The highest BCUT2D eigenvalue weighted by Crippen LogP contribution is 2.21. The van der Waals surface area contributed by atoms with Crippen LogP contribution in [0.1, 0.15) is 18.4 Å². The van der Waals surface area contributed by atoms with Gasteiger partial charge in [0.15, 0.2) is 0 Å². The SMILES string of the molecule is FC1CCCN(Cc2cccc(-c3ccc[nH]3)c2)C1. The van der Waals surface area contributed by atoms with E-state index in [9.17, 15) is 4.39 Å². The van der Waals surface area contributed by atoms with E-state index in [2.05, 4.69) is 40.2 Å². The molecule has 0 saturated carbocycles. The van der Waals surface area contributed by atoms with Gasteiger partial charge in [0.1, 0.15) is 6.17 Å².